The summed E-state index contributed by atoms with van der Waals surface area (Å²) in [6.07, 6.45) is 8.23. The molecule has 1 aromatic heterocycles. The number of imide groups is 1. The highest BCUT2D eigenvalue weighted by Gasteiger charge is 2.46. The molecule has 0 unspecified atom stereocenters. The number of aliphatic imine (C=N–C) groups is 1. The lowest BCUT2D eigenvalue weighted by Crippen LogP contribution is -2.55. The van der Waals surface area contributed by atoms with Crippen LogP contribution in [0.25, 0.3) is 6.08 Å². The van der Waals surface area contributed by atoms with Crippen LogP contribution in [0.5, 0.6) is 0 Å². The highest BCUT2D eigenvalue weighted by molar-refractivity contribution is 6.14. The molecule has 0 aromatic carbocycles. The van der Waals surface area contributed by atoms with Gasteiger partial charge in [0.15, 0.2) is 0 Å². The molecule has 25 nitrogen and oxygen atoms in total. The van der Waals surface area contributed by atoms with Gasteiger partial charge in [-0.15, -0.1) is 0 Å². The maximum absolute atomic E-state index is 13.8. The molecule has 0 saturated carbocycles. The Kier molecular flexibility index (Phi) is 32.4. The Morgan fingerprint density at radius 1 is 0.697 bits per heavy atom. The van der Waals surface area contributed by atoms with Crippen molar-refractivity contribution in [3.8, 4) is 0 Å². The van der Waals surface area contributed by atoms with Crippen molar-refractivity contribution in [1.29, 1.82) is 0 Å². The fraction of sp³-hybridized carbons (Fsp3) is 0.706. The Morgan fingerprint density at radius 2 is 1.18 bits per heavy atom. The zero-order valence-corrected chi connectivity index (χ0v) is 44.8. The van der Waals surface area contributed by atoms with Gasteiger partial charge in [-0.2, -0.15) is 5.06 Å². The maximum atomic E-state index is 13.8. The van der Waals surface area contributed by atoms with E-state index >= 15 is 0 Å². The van der Waals surface area contributed by atoms with E-state index in [4.69, 9.17) is 62.7 Å². The Labute approximate surface area is 446 Å². The number of aromatic nitrogens is 1. The summed E-state index contributed by atoms with van der Waals surface area (Å²) in [6.45, 7) is 16.5. The quantitative estimate of drug-likeness (QED) is 0.0353. The van der Waals surface area contributed by atoms with E-state index in [1.54, 1.807) is 23.0 Å². The van der Waals surface area contributed by atoms with E-state index in [2.05, 4.69) is 27.5 Å². The molecule has 428 valence electrons. The number of nitrogens with two attached hydrogens (primary N) is 1. The number of fused-ring (bicyclic) bond motifs is 1. The van der Waals surface area contributed by atoms with Gasteiger partial charge in [0.25, 0.3) is 17.7 Å². The van der Waals surface area contributed by atoms with Gasteiger partial charge in [-0.05, 0) is 50.8 Å². The van der Waals surface area contributed by atoms with Gasteiger partial charge >= 0.3 is 0 Å². The molecule has 1 atom stereocenters. The van der Waals surface area contributed by atoms with Crippen molar-refractivity contribution in [2.75, 3.05) is 185 Å². The van der Waals surface area contributed by atoms with Gasteiger partial charge in [-0.3, -0.25) is 38.7 Å². The smallest absolute Gasteiger partial charge is 0.256 e. The van der Waals surface area contributed by atoms with E-state index in [0.717, 1.165) is 35.6 Å². The van der Waals surface area contributed by atoms with Crippen molar-refractivity contribution < 1.29 is 80.9 Å². The molecule has 0 aliphatic carbocycles. The summed E-state index contributed by atoms with van der Waals surface area (Å²) in [7, 11) is 0. The van der Waals surface area contributed by atoms with E-state index in [-0.39, 0.29) is 38.1 Å². The number of pyridine rings is 1. The average Bonchev–Trinajstić information content (AvgIpc) is 3.90. The molecule has 4 heterocycles. The second-order valence-corrected chi connectivity index (χ2v) is 17.5. The fourth-order valence-electron chi connectivity index (χ4n) is 7.66. The van der Waals surface area contributed by atoms with Crippen LogP contribution in [0, 0.1) is 0 Å². The van der Waals surface area contributed by atoms with Crippen LogP contribution in [0.1, 0.15) is 62.5 Å². The van der Waals surface area contributed by atoms with Crippen LogP contribution >= 0.6 is 0 Å². The molecular formula is C51H82N8O17. The Hall–Kier alpha value is -4.87. The van der Waals surface area contributed by atoms with Crippen LogP contribution in [0.4, 0.5) is 5.69 Å². The average molecular weight is 1080 g/mol. The van der Waals surface area contributed by atoms with Gasteiger partial charge in [-0.1, -0.05) is 6.92 Å². The fourth-order valence-corrected chi connectivity index (χ4v) is 7.66. The molecule has 1 saturated heterocycles. The molecule has 1 fully saturated rings. The van der Waals surface area contributed by atoms with Crippen molar-refractivity contribution in [1.82, 2.24) is 30.5 Å². The van der Waals surface area contributed by atoms with E-state index in [1.807, 2.05) is 13.0 Å². The number of amidine groups is 1. The third-order valence-corrected chi connectivity index (χ3v) is 11.5. The summed E-state index contributed by atoms with van der Waals surface area (Å²) in [5, 5.41) is 7.31. The minimum atomic E-state index is -1.03. The van der Waals surface area contributed by atoms with Crippen LogP contribution in [0.2, 0.25) is 0 Å². The summed E-state index contributed by atoms with van der Waals surface area (Å²) in [4.78, 5) is 79.3. The molecule has 0 radical (unpaired) electrons. The predicted molar refractivity (Wildman–Crippen MR) is 276 cm³/mol. The van der Waals surface area contributed by atoms with E-state index in [0.29, 0.717) is 194 Å². The zero-order valence-electron chi connectivity index (χ0n) is 44.8. The minimum Gasteiger partial charge on any atom is -0.387 e. The molecule has 5 amide bonds. The van der Waals surface area contributed by atoms with Gasteiger partial charge in [0.1, 0.15) is 24.7 Å². The lowest BCUT2D eigenvalue weighted by molar-refractivity contribution is -0.203. The van der Waals surface area contributed by atoms with Gasteiger partial charge in [-0.25, -0.2) is 4.99 Å². The number of amides is 5. The summed E-state index contributed by atoms with van der Waals surface area (Å²) < 4.78 is 61.0. The Balaban J connectivity index is 0.875. The number of likely N-dealkylation sites (tertiary alicyclic amines) is 1. The number of hydrogen-bond acceptors (Lipinski definition) is 21. The predicted octanol–water partition coefficient (Wildman–Crippen LogP) is 0.813. The van der Waals surface area contributed by atoms with Crippen molar-refractivity contribution in [3.63, 3.8) is 0 Å². The van der Waals surface area contributed by atoms with Crippen LogP contribution in [-0.2, 0) is 76.1 Å². The SMILES string of the molecule is CCCN(COCC1=Cc2ncc(C(=O)N3CCC[C@@]3(C)C(=O)NCCOCCOCCOCCOCCOCCOCCOCCOCCOCCOCCNC(=O)CN3C(=O)C=CC3=O)cc2N=C(N)C1)OCC. The van der Waals surface area contributed by atoms with Crippen LogP contribution in [0.3, 0.4) is 0 Å². The van der Waals surface area contributed by atoms with E-state index in [1.165, 1.54) is 6.20 Å². The summed E-state index contributed by atoms with van der Waals surface area (Å²) in [6, 6.07) is 1.68. The largest absolute Gasteiger partial charge is 0.387 e. The molecule has 4 N–H and O–H groups in total. The van der Waals surface area contributed by atoms with Gasteiger partial charge in [0.2, 0.25) is 11.8 Å². The molecule has 1 aromatic rings. The molecule has 3 aliphatic heterocycles. The van der Waals surface area contributed by atoms with Gasteiger partial charge in [0, 0.05) is 50.9 Å². The number of carbonyl (C=O) groups excluding carboxylic acids is 5. The van der Waals surface area contributed by atoms with Crippen LogP contribution < -0.4 is 16.4 Å². The first-order valence-electron chi connectivity index (χ1n) is 26.2. The number of rotatable bonds is 45. The van der Waals surface area contributed by atoms with Gasteiger partial charge < -0.3 is 73.4 Å². The third kappa shape index (κ3) is 25.1. The minimum absolute atomic E-state index is 0.243. The molecule has 4 rings (SSSR count). The normalized spacial score (nSPS) is 16.4. The van der Waals surface area contributed by atoms with Crippen molar-refractivity contribution >= 4 is 47.1 Å². The topological polar surface area (TPSA) is 281 Å². The number of ether oxygens (including phenoxy) is 11. The third-order valence-electron chi connectivity index (χ3n) is 11.5. The Bertz CT molecular complexity index is 1950. The van der Waals surface area contributed by atoms with E-state index < -0.39 is 23.3 Å². The lowest BCUT2D eigenvalue weighted by atomic mass is 9.97. The number of carbonyl (C=O) groups is 5. The number of hydrogen-bond donors (Lipinski definition) is 3. The molecular weight excluding hydrogens is 997 g/mol. The first-order chi connectivity index (χ1) is 37.0. The van der Waals surface area contributed by atoms with Crippen molar-refractivity contribution in [2.24, 2.45) is 10.7 Å². The first kappa shape index (κ1) is 63.7. The maximum Gasteiger partial charge on any atom is 0.256 e. The molecule has 0 spiro atoms. The van der Waals surface area contributed by atoms with E-state index in [9.17, 15) is 24.0 Å². The van der Waals surface area contributed by atoms with Gasteiger partial charge in [0.05, 0.1) is 162 Å². The number of hydroxylamine groups is 2. The van der Waals surface area contributed by atoms with Crippen LogP contribution in [-0.4, -0.2) is 246 Å². The summed E-state index contributed by atoms with van der Waals surface area (Å²) in [5.74, 6) is -1.59. The molecule has 0 bridgehead atoms. The number of nitrogens with one attached hydrogen (secondary N) is 2. The molecule has 3 aliphatic rings. The first-order valence-corrected chi connectivity index (χ1v) is 26.2. The highest BCUT2D eigenvalue weighted by atomic mass is 16.7. The zero-order chi connectivity index (χ0) is 54.5. The number of nitrogens with zero attached hydrogens (tertiary/aromatic N) is 5. The monoisotopic (exact) mass is 1080 g/mol. The van der Waals surface area contributed by atoms with Crippen LogP contribution in [0.15, 0.2) is 35.0 Å². The van der Waals surface area contributed by atoms with Crippen molar-refractivity contribution in [3.05, 3.63) is 41.2 Å². The second kappa shape index (κ2) is 38.6. The highest BCUT2D eigenvalue weighted by Crippen LogP contribution is 2.32. The standard InChI is InChI=1S/C51H82N8O17/c1-4-12-57(76-5-2)40-75-39-41-34-43-44(56-45(52)35-41)36-42(37-55-43)49(63)59-13-6-9-51(59,3)50(64)54-11-15-66-17-19-68-21-23-70-25-27-72-29-31-74-33-32-73-30-28-71-26-24-69-22-20-67-18-16-65-14-10-53-46(60)38-58-47(61)7-8-48(58)62/h7-8,34,36-37H,4-6,9-33,35,38-40H2,1-3H3,(H2,52,56)(H,53,60)(H,54,64)/t51-/m0/s1. The Morgan fingerprint density at radius 3 is 1.67 bits per heavy atom. The summed E-state index contributed by atoms with van der Waals surface area (Å²) >= 11 is 0. The molecule has 25 heteroatoms. The molecule has 76 heavy (non-hydrogen) atoms. The lowest BCUT2D eigenvalue weighted by Gasteiger charge is -2.34. The summed E-state index contributed by atoms with van der Waals surface area (Å²) in [5.41, 5.74) is 7.55. The second-order valence-electron chi connectivity index (χ2n) is 17.5. The van der Waals surface area contributed by atoms with Crippen molar-refractivity contribution in [2.45, 2.75) is 52.0 Å².